The smallest absolute Gasteiger partial charge is 0.451 e. The number of nitrogens with one attached hydrogen (secondary N) is 3. The molecule has 0 radical (unpaired) electrons. The number of ether oxygens (including phenoxy) is 2. The molecule has 3 amide bonds. The highest BCUT2D eigenvalue weighted by Gasteiger charge is 2.38. The van der Waals surface area contributed by atoms with Gasteiger partial charge in [0, 0.05) is 6.42 Å². The minimum Gasteiger partial charge on any atom is -0.460 e. The van der Waals surface area contributed by atoms with E-state index in [1.165, 1.54) is 6.92 Å². The Hall–Kier alpha value is -2.86. The van der Waals surface area contributed by atoms with Crippen molar-refractivity contribution in [1.29, 1.82) is 0 Å². The van der Waals surface area contributed by atoms with Crippen LogP contribution < -0.4 is 16.0 Å². The Kier molecular flexibility index (Phi) is 10.8. The lowest BCUT2D eigenvalue weighted by molar-refractivity contribution is -0.170. The minimum absolute atomic E-state index is 0.207. The van der Waals surface area contributed by atoms with E-state index in [1.54, 1.807) is 46.9 Å². The Morgan fingerprint density at radius 3 is 1.79 bits per heavy atom. The van der Waals surface area contributed by atoms with Crippen molar-refractivity contribution in [1.82, 2.24) is 16.0 Å². The number of Topliss-reactive ketones (excluding diaryl/α,β-unsaturated/α-hetero) is 1. The molecule has 0 heterocycles. The highest BCUT2D eigenvalue weighted by Crippen LogP contribution is 2.15. The zero-order valence-electron chi connectivity index (χ0n) is 19.8. The van der Waals surface area contributed by atoms with E-state index in [4.69, 9.17) is 9.47 Å². The van der Waals surface area contributed by atoms with Gasteiger partial charge in [-0.1, -0.05) is 0 Å². The second-order valence-electron chi connectivity index (χ2n) is 9.19. The normalized spacial score (nSPS) is 13.9. The van der Waals surface area contributed by atoms with Gasteiger partial charge in [0.1, 0.15) is 23.3 Å². The maximum absolute atomic E-state index is 12.6. The first-order chi connectivity index (χ1) is 14.7. The number of hydrogen-bond donors (Lipinski definition) is 3. The molecule has 0 fully saturated rings. The van der Waals surface area contributed by atoms with Crippen molar-refractivity contribution in [2.75, 3.05) is 6.54 Å². The Morgan fingerprint density at radius 1 is 0.818 bits per heavy atom. The largest absolute Gasteiger partial charge is 0.460 e. The first-order valence-electron chi connectivity index (χ1n) is 10.1. The Bertz CT molecular complexity index is 741. The molecule has 0 bridgehead atoms. The summed E-state index contributed by atoms with van der Waals surface area (Å²) in [7, 11) is 0. The molecule has 0 aromatic heterocycles. The van der Waals surface area contributed by atoms with Gasteiger partial charge < -0.3 is 25.4 Å². The van der Waals surface area contributed by atoms with Gasteiger partial charge in [0.05, 0.1) is 6.54 Å². The number of esters is 1. The average Bonchev–Trinajstić information content (AvgIpc) is 2.58. The van der Waals surface area contributed by atoms with Gasteiger partial charge >= 0.3 is 18.2 Å². The van der Waals surface area contributed by atoms with Crippen molar-refractivity contribution in [3.05, 3.63) is 0 Å². The van der Waals surface area contributed by atoms with Crippen molar-refractivity contribution >= 4 is 29.7 Å². The molecule has 0 aromatic carbocycles. The molecule has 2 atom stereocenters. The lowest BCUT2D eigenvalue weighted by Crippen LogP contribution is -2.54. The van der Waals surface area contributed by atoms with Gasteiger partial charge in [-0.25, -0.2) is 4.79 Å². The van der Waals surface area contributed by atoms with Crippen molar-refractivity contribution in [3.8, 4) is 0 Å². The topological polar surface area (TPSA) is 140 Å². The van der Waals surface area contributed by atoms with Crippen LogP contribution in [0.25, 0.3) is 0 Å². The summed E-state index contributed by atoms with van der Waals surface area (Å²) in [6, 6.07) is -2.66. The van der Waals surface area contributed by atoms with Crippen molar-refractivity contribution in [2.45, 2.75) is 90.8 Å². The number of alkyl carbamates (subject to hydrolysis) is 1. The third-order valence-corrected chi connectivity index (χ3v) is 3.56. The molecule has 0 aromatic rings. The summed E-state index contributed by atoms with van der Waals surface area (Å²) >= 11 is 0. The zero-order chi connectivity index (χ0) is 26.2. The molecule has 3 N–H and O–H groups in total. The highest BCUT2D eigenvalue weighted by atomic mass is 19.4. The first-order valence-corrected chi connectivity index (χ1v) is 10.1. The molecule has 0 aliphatic heterocycles. The highest BCUT2D eigenvalue weighted by molar-refractivity contribution is 5.94. The summed E-state index contributed by atoms with van der Waals surface area (Å²) in [5.41, 5.74) is -1.65. The summed E-state index contributed by atoms with van der Waals surface area (Å²) in [6.07, 6.45) is -6.53. The SMILES string of the molecule is C[C@H](NC(=O)[C@H](CCC(=O)OC(C)(C)C)NC(=O)OC(C)(C)C)C(=O)NCC(=O)C(F)(F)F. The van der Waals surface area contributed by atoms with Gasteiger partial charge in [-0.3, -0.25) is 19.2 Å². The van der Waals surface area contributed by atoms with Gasteiger partial charge in [0.15, 0.2) is 0 Å². The van der Waals surface area contributed by atoms with Crippen molar-refractivity contribution in [3.63, 3.8) is 0 Å². The molecule has 33 heavy (non-hydrogen) atoms. The van der Waals surface area contributed by atoms with Gasteiger partial charge in [-0.2, -0.15) is 13.2 Å². The molecule has 0 saturated carbocycles. The monoisotopic (exact) mass is 483 g/mol. The maximum Gasteiger partial charge on any atom is 0.451 e. The predicted octanol–water partition coefficient (Wildman–Crippen LogP) is 1.75. The number of alkyl halides is 3. The van der Waals surface area contributed by atoms with Crippen LogP contribution >= 0.6 is 0 Å². The molecule has 13 heteroatoms. The van der Waals surface area contributed by atoms with Crippen molar-refractivity contribution < 1.29 is 46.6 Å². The molecule has 0 rings (SSSR count). The van der Waals surface area contributed by atoms with E-state index < -0.39 is 65.7 Å². The van der Waals surface area contributed by atoms with Gasteiger partial charge in [-0.05, 0) is 54.9 Å². The quantitative estimate of drug-likeness (QED) is 0.425. The summed E-state index contributed by atoms with van der Waals surface area (Å²) in [5, 5.41) is 6.28. The van der Waals surface area contributed by atoms with Crippen molar-refractivity contribution in [2.24, 2.45) is 0 Å². The average molecular weight is 483 g/mol. The number of carbonyl (C=O) groups excluding carboxylic acids is 5. The van der Waals surface area contributed by atoms with E-state index >= 15 is 0 Å². The van der Waals surface area contributed by atoms with Crippen LogP contribution in [0.5, 0.6) is 0 Å². The molecule has 10 nitrogen and oxygen atoms in total. The molecule has 190 valence electrons. The standard InChI is InChI=1S/C20H32F3N3O7/c1-11(15(29)24-10-13(27)20(21,22)23)25-16(30)12(26-17(31)33-19(5,6)7)8-9-14(28)32-18(2,3)4/h11-12H,8-10H2,1-7H3,(H,24,29)(H,25,30)(H,26,31)/t11-,12-/m0/s1. The molecule has 0 aliphatic rings. The fourth-order valence-corrected chi connectivity index (χ4v) is 2.17. The third kappa shape index (κ3) is 14.0. The van der Waals surface area contributed by atoms with Crippen LogP contribution in [0.2, 0.25) is 0 Å². The first kappa shape index (κ1) is 30.1. The number of halogens is 3. The maximum atomic E-state index is 12.6. The zero-order valence-corrected chi connectivity index (χ0v) is 19.8. The van der Waals surface area contributed by atoms with Crippen LogP contribution in [0.3, 0.4) is 0 Å². The number of carbonyl (C=O) groups is 5. The lowest BCUT2D eigenvalue weighted by Gasteiger charge is -2.25. The summed E-state index contributed by atoms with van der Waals surface area (Å²) in [6.45, 7) is 9.61. The van der Waals surface area contributed by atoms with E-state index in [0.29, 0.717) is 0 Å². The van der Waals surface area contributed by atoms with Crippen LogP contribution in [0.1, 0.15) is 61.3 Å². The van der Waals surface area contributed by atoms with E-state index in [9.17, 15) is 37.1 Å². The summed E-state index contributed by atoms with van der Waals surface area (Å²) < 4.78 is 47.0. The Morgan fingerprint density at radius 2 is 1.33 bits per heavy atom. The molecule has 0 aliphatic carbocycles. The fraction of sp³-hybridized carbons (Fsp3) is 0.750. The lowest BCUT2D eigenvalue weighted by atomic mass is 10.1. The van der Waals surface area contributed by atoms with Crippen LogP contribution in [-0.4, -0.2) is 65.7 Å². The number of rotatable bonds is 9. The minimum atomic E-state index is -5.11. The Labute approximate surface area is 190 Å². The van der Waals surface area contributed by atoms with E-state index in [1.807, 2.05) is 0 Å². The number of amides is 3. The summed E-state index contributed by atoms with van der Waals surface area (Å²) in [5.74, 6) is -4.74. The van der Waals surface area contributed by atoms with Crippen LogP contribution in [0, 0.1) is 0 Å². The van der Waals surface area contributed by atoms with Gasteiger partial charge in [-0.15, -0.1) is 0 Å². The summed E-state index contributed by atoms with van der Waals surface area (Å²) in [4.78, 5) is 59.5. The Balaban J connectivity index is 5.14. The van der Waals surface area contributed by atoms with Gasteiger partial charge in [0.2, 0.25) is 11.8 Å². The number of hydrogen-bond acceptors (Lipinski definition) is 7. The molecular formula is C20H32F3N3O7. The molecular weight excluding hydrogens is 451 g/mol. The third-order valence-electron chi connectivity index (χ3n) is 3.56. The second kappa shape index (κ2) is 11.8. The number of ketones is 1. The van der Waals surface area contributed by atoms with Gasteiger partial charge in [0.25, 0.3) is 5.78 Å². The molecule has 0 spiro atoms. The van der Waals surface area contributed by atoms with E-state index in [2.05, 4.69) is 10.6 Å². The van der Waals surface area contributed by atoms with E-state index in [0.717, 1.165) is 0 Å². The fourth-order valence-electron chi connectivity index (χ4n) is 2.17. The van der Waals surface area contributed by atoms with Crippen LogP contribution in [0.15, 0.2) is 0 Å². The second-order valence-corrected chi connectivity index (χ2v) is 9.19. The molecule has 0 unspecified atom stereocenters. The predicted molar refractivity (Wildman–Crippen MR) is 110 cm³/mol. The molecule has 0 saturated heterocycles. The van der Waals surface area contributed by atoms with Crippen LogP contribution in [-0.2, 0) is 28.7 Å². The van der Waals surface area contributed by atoms with Crippen LogP contribution in [0.4, 0.5) is 18.0 Å². The van der Waals surface area contributed by atoms with E-state index in [-0.39, 0.29) is 12.8 Å².